The second kappa shape index (κ2) is 12.2. The van der Waals surface area contributed by atoms with E-state index in [-0.39, 0.29) is 11.5 Å². The first-order valence-corrected chi connectivity index (χ1v) is 13.9. The monoisotopic (exact) mass is 562 g/mol. The molecule has 6 aromatic rings. The number of hydrogen-bond donors (Lipinski definition) is 0. The molecule has 3 aromatic heterocycles. The smallest absolute Gasteiger partial charge is 0.218 e. The second-order valence-electron chi connectivity index (χ2n) is 9.91. The van der Waals surface area contributed by atoms with Gasteiger partial charge in [-0.15, -0.1) is 0 Å². The van der Waals surface area contributed by atoms with E-state index in [1.807, 2.05) is 34.7 Å². The van der Waals surface area contributed by atoms with Crippen LogP contribution in [0.5, 0.6) is 23.1 Å². The molecule has 0 fully saturated rings. The molecule has 3 aromatic carbocycles. The number of hydrogen-bond acceptors (Lipinski definition) is 5. The van der Waals surface area contributed by atoms with Gasteiger partial charge in [0, 0.05) is 30.1 Å². The fourth-order valence-corrected chi connectivity index (χ4v) is 4.83. The highest BCUT2D eigenvalue weighted by molar-refractivity contribution is 5.81. The van der Waals surface area contributed by atoms with Gasteiger partial charge < -0.3 is 18.8 Å². The number of aromatic nitrogens is 4. The largest absolute Gasteiger partial charge is 0.494 e. The number of rotatable bonds is 11. The van der Waals surface area contributed by atoms with Crippen LogP contribution in [0.3, 0.4) is 0 Å². The van der Waals surface area contributed by atoms with Gasteiger partial charge in [-0.25, -0.2) is 4.98 Å². The third-order valence-electron chi connectivity index (χ3n) is 6.98. The highest BCUT2D eigenvalue weighted by Gasteiger charge is 2.19. The molecule has 8 heteroatoms. The lowest BCUT2D eigenvalue weighted by Gasteiger charge is -2.10. The Bertz CT molecular complexity index is 1800. The standard InChI is InChI=1S/C34H31FN4O3/c1-3-4-19-41-31-21-36-20-28-33(25-13-15-27(16-14-25)42-30-12-8-11-29(40-2)32(30)35)37-34(39(28)31)26-17-18-38(23-26)22-24-9-6-5-7-10-24/h5-18,20-21,23H,3-4,19,22H2,1-2H3. The van der Waals surface area contributed by atoms with Gasteiger partial charge in [-0.1, -0.05) is 49.7 Å². The molecule has 0 aliphatic carbocycles. The molecule has 0 atom stereocenters. The fourth-order valence-electron chi connectivity index (χ4n) is 4.83. The van der Waals surface area contributed by atoms with Gasteiger partial charge in [-0.05, 0) is 54.4 Å². The first-order chi connectivity index (χ1) is 20.6. The zero-order valence-corrected chi connectivity index (χ0v) is 23.5. The van der Waals surface area contributed by atoms with Crippen molar-refractivity contribution in [3.05, 3.63) is 115 Å². The van der Waals surface area contributed by atoms with Crippen molar-refractivity contribution in [3.63, 3.8) is 0 Å². The SMILES string of the molecule is CCCCOc1cncc2c(-c3ccc(Oc4cccc(OC)c4F)cc3)nc(-c3ccn(Cc4ccccc4)c3)n12. The van der Waals surface area contributed by atoms with Crippen LogP contribution in [0, 0.1) is 5.82 Å². The lowest BCUT2D eigenvalue weighted by Crippen LogP contribution is -2.03. The summed E-state index contributed by atoms with van der Waals surface area (Å²) in [6.07, 6.45) is 9.67. The molecule has 0 spiro atoms. The molecule has 0 aliphatic heterocycles. The maximum Gasteiger partial charge on any atom is 0.218 e. The van der Waals surface area contributed by atoms with E-state index in [1.165, 1.54) is 12.7 Å². The first kappa shape index (κ1) is 27.1. The zero-order valence-electron chi connectivity index (χ0n) is 23.5. The summed E-state index contributed by atoms with van der Waals surface area (Å²) in [6.45, 7) is 3.48. The van der Waals surface area contributed by atoms with Crippen LogP contribution in [0.4, 0.5) is 4.39 Å². The van der Waals surface area contributed by atoms with Crippen LogP contribution < -0.4 is 14.2 Å². The fraction of sp³-hybridized carbons (Fsp3) is 0.176. The molecule has 0 aliphatic rings. The Morgan fingerprint density at radius 1 is 0.857 bits per heavy atom. The van der Waals surface area contributed by atoms with E-state index in [1.54, 1.807) is 42.7 Å². The number of methoxy groups -OCH3 is 1. The molecular formula is C34H31FN4O3. The number of nitrogens with zero attached hydrogens (tertiary/aromatic N) is 4. The summed E-state index contributed by atoms with van der Waals surface area (Å²) in [6, 6.07) is 24.6. The van der Waals surface area contributed by atoms with Gasteiger partial charge in [0.15, 0.2) is 11.5 Å². The van der Waals surface area contributed by atoms with Crippen LogP contribution in [-0.2, 0) is 6.54 Å². The van der Waals surface area contributed by atoms with Crippen molar-refractivity contribution in [2.75, 3.05) is 13.7 Å². The van der Waals surface area contributed by atoms with Crippen LogP contribution in [-0.4, -0.2) is 32.7 Å². The third-order valence-corrected chi connectivity index (χ3v) is 6.98. The molecule has 0 unspecified atom stereocenters. The highest BCUT2D eigenvalue weighted by atomic mass is 19.1. The molecule has 42 heavy (non-hydrogen) atoms. The average molecular weight is 563 g/mol. The normalized spacial score (nSPS) is 11.1. The summed E-state index contributed by atoms with van der Waals surface area (Å²) in [4.78, 5) is 9.58. The van der Waals surface area contributed by atoms with Crippen LogP contribution in [0.15, 0.2) is 104 Å². The van der Waals surface area contributed by atoms with Gasteiger partial charge in [-0.3, -0.25) is 9.38 Å². The van der Waals surface area contributed by atoms with E-state index in [9.17, 15) is 4.39 Å². The van der Waals surface area contributed by atoms with Crippen LogP contribution >= 0.6 is 0 Å². The predicted molar refractivity (Wildman–Crippen MR) is 161 cm³/mol. The second-order valence-corrected chi connectivity index (χ2v) is 9.91. The number of imidazole rings is 1. The zero-order chi connectivity index (χ0) is 28.9. The summed E-state index contributed by atoms with van der Waals surface area (Å²) in [5, 5.41) is 0. The summed E-state index contributed by atoms with van der Waals surface area (Å²) >= 11 is 0. The van der Waals surface area contributed by atoms with E-state index in [4.69, 9.17) is 19.2 Å². The molecule has 0 N–H and O–H groups in total. The molecule has 0 saturated carbocycles. The van der Waals surface area contributed by atoms with E-state index in [0.29, 0.717) is 18.2 Å². The maximum atomic E-state index is 14.6. The van der Waals surface area contributed by atoms with Crippen LogP contribution in [0.25, 0.3) is 28.2 Å². The van der Waals surface area contributed by atoms with E-state index < -0.39 is 5.82 Å². The Labute approximate surface area is 243 Å². The molecule has 3 heterocycles. The number of halogens is 1. The van der Waals surface area contributed by atoms with Gasteiger partial charge >= 0.3 is 0 Å². The molecule has 212 valence electrons. The van der Waals surface area contributed by atoms with Crippen molar-refractivity contribution < 1.29 is 18.6 Å². The van der Waals surface area contributed by atoms with Crippen molar-refractivity contribution in [1.29, 1.82) is 0 Å². The lowest BCUT2D eigenvalue weighted by atomic mass is 10.1. The van der Waals surface area contributed by atoms with Gasteiger partial charge in [0.05, 0.1) is 37.3 Å². The van der Waals surface area contributed by atoms with E-state index in [0.717, 1.165) is 47.5 Å². The first-order valence-electron chi connectivity index (χ1n) is 13.9. The van der Waals surface area contributed by atoms with Crippen molar-refractivity contribution in [3.8, 4) is 45.8 Å². The van der Waals surface area contributed by atoms with Crippen molar-refractivity contribution in [2.24, 2.45) is 0 Å². The van der Waals surface area contributed by atoms with Gasteiger partial charge in [-0.2, -0.15) is 4.39 Å². The third kappa shape index (κ3) is 5.56. The Balaban J connectivity index is 1.36. The summed E-state index contributed by atoms with van der Waals surface area (Å²) < 4.78 is 35.9. The number of fused-ring (bicyclic) bond motifs is 1. The summed E-state index contributed by atoms with van der Waals surface area (Å²) in [5.74, 6) is 1.57. The van der Waals surface area contributed by atoms with Gasteiger partial charge in [0.1, 0.15) is 11.6 Å². The summed E-state index contributed by atoms with van der Waals surface area (Å²) in [5.41, 5.74) is 4.63. The minimum atomic E-state index is -0.547. The Hall–Kier alpha value is -5.11. The van der Waals surface area contributed by atoms with Crippen molar-refractivity contribution in [2.45, 2.75) is 26.3 Å². The molecular weight excluding hydrogens is 531 g/mol. The number of unbranched alkanes of at least 4 members (excludes halogenated alkanes) is 1. The Kier molecular flexibility index (Phi) is 7.85. The Morgan fingerprint density at radius 2 is 1.67 bits per heavy atom. The molecule has 0 saturated heterocycles. The molecule has 6 rings (SSSR count). The van der Waals surface area contributed by atoms with Gasteiger partial charge in [0.2, 0.25) is 11.7 Å². The minimum Gasteiger partial charge on any atom is -0.494 e. The topological polar surface area (TPSA) is 62.8 Å². The minimum absolute atomic E-state index is 0.0925. The molecule has 7 nitrogen and oxygen atoms in total. The quantitative estimate of drug-likeness (QED) is 0.150. The molecule has 0 radical (unpaired) electrons. The average Bonchev–Trinajstić information content (AvgIpc) is 3.64. The maximum absolute atomic E-state index is 14.6. The van der Waals surface area contributed by atoms with Crippen molar-refractivity contribution >= 4 is 5.52 Å². The van der Waals surface area contributed by atoms with E-state index in [2.05, 4.69) is 47.1 Å². The molecule has 0 amide bonds. The number of ether oxygens (including phenoxy) is 3. The van der Waals surface area contributed by atoms with Crippen molar-refractivity contribution in [1.82, 2.24) is 18.9 Å². The highest BCUT2D eigenvalue weighted by Crippen LogP contribution is 2.35. The predicted octanol–water partition coefficient (Wildman–Crippen LogP) is 8.03. The molecule has 0 bridgehead atoms. The summed E-state index contributed by atoms with van der Waals surface area (Å²) in [7, 11) is 1.42. The van der Waals surface area contributed by atoms with E-state index >= 15 is 0 Å². The van der Waals surface area contributed by atoms with Crippen LogP contribution in [0.2, 0.25) is 0 Å². The van der Waals surface area contributed by atoms with Gasteiger partial charge in [0.25, 0.3) is 0 Å². The van der Waals surface area contributed by atoms with Crippen LogP contribution in [0.1, 0.15) is 25.3 Å². The lowest BCUT2D eigenvalue weighted by molar-refractivity contribution is 0.293. The Morgan fingerprint density at radius 3 is 2.45 bits per heavy atom. The number of benzene rings is 3.